The SMILES string of the molecule is C[C@@]12CCC[C@](C)(C(=O)O)[C@H]1CC[C@@]13C[C@H]4[C@@H](C[C@H]12)[C@@]4(C)C3. The lowest BCUT2D eigenvalue weighted by molar-refractivity contribution is -0.187. The molecule has 6 aliphatic carbocycles. The van der Waals surface area contributed by atoms with E-state index >= 15 is 0 Å². The quantitative estimate of drug-likeness (QED) is 0.760. The van der Waals surface area contributed by atoms with Crippen LogP contribution in [0.1, 0.15) is 72.1 Å². The monoisotopic (exact) mass is 302 g/mol. The molecule has 2 heteroatoms. The summed E-state index contributed by atoms with van der Waals surface area (Å²) in [6.45, 7) is 7.09. The van der Waals surface area contributed by atoms with E-state index in [9.17, 15) is 9.90 Å². The summed E-state index contributed by atoms with van der Waals surface area (Å²) >= 11 is 0. The van der Waals surface area contributed by atoms with Gasteiger partial charge in [0.2, 0.25) is 0 Å². The van der Waals surface area contributed by atoms with Crippen LogP contribution in [0, 0.1) is 45.3 Å². The third-order valence-corrected chi connectivity index (χ3v) is 9.85. The fraction of sp³-hybridized carbons (Fsp3) is 0.950. The molecule has 6 fully saturated rings. The Hall–Kier alpha value is -0.530. The van der Waals surface area contributed by atoms with Crippen molar-refractivity contribution in [3.8, 4) is 0 Å². The highest BCUT2D eigenvalue weighted by Crippen LogP contribution is 2.85. The lowest BCUT2D eigenvalue weighted by Gasteiger charge is -2.65. The van der Waals surface area contributed by atoms with Crippen molar-refractivity contribution in [2.24, 2.45) is 45.3 Å². The van der Waals surface area contributed by atoms with E-state index in [1.165, 1.54) is 38.5 Å². The second kappa shape index (κ2) is 3.59. The van der Waals surface area contributed by atoms with Gasteiger partial charge in [0.05, 0.1) is 5.41 Å². The number of hydrogen-bond acceptors (Lipinski definition) is 1. The van der Waals surface area contributed by atoms with E-state index in [0.29, 0.717) is 22.2 Å². The Morgan fingerprint density at radius 3 is 2.41 bits per heavy atom. The van der Waals surface area contributed by atoms with Crippen molar-refractivity contribution in [2.45, 2.75) is 72.1 Å². The van der Waals surface area contributed by atoms with Crippen molar-refractivity contribution in [2.75, 3.05) is 0 Å². The summed E-state index contributed by atoms with van der Waals surface area (Å²) in [5, 5.41) is 9.92. The second-order valence-electron chi connectivity index (χ2n) is 10.4. The molecule has 0 aromatic heterocycles. The number of aliphatic carboxylic acids is 1. The van der Waals surface area contributed by atoms with Crippen molar-refractivity contribution >= 4 is 5.97 Å². The molecule has 0 aromatic rings. The smallest absolute Gasteiger partial charge is 0.309 e. The maximum absolute atomic E-state index is 12.0. The molecule has 6 saturated carbocycles. The van der Waals surface area contributed by atoms with Crippen LogP contribution in [0.4, 0.5) is 0 Å². The van der Waals surface area contributed by atoms with Crippen LogP contribution in [-0.4, -0.2) is 11.1 Å². The van der Waals surface area contributed by atoms with Gasteiger partial charge in [0.25, 0.3) is 0 Å². The molecule has 0 amide bonds. The van der Waals surface area contributed by atoms with Gasteiger partial charge in [0.1, 0.15) is 0 Å². The molecular formula is C20H30O2. The molecule has 2 nitrogen and oxygen atoms in total. The molecule has 0 aromatic carbocycles. The summed E-state index contributed by atoms with van der Waals surface area (Å²) in [5.41, 5.74) is 1.10. The highest BCUT2D eigenvalue weighted by Gasteiger charge is 2.78. The molecule has 6 rings (SSSR count). The van der Waals surface area contributed by atoms with Gasteiger partial charge >= 0.3 is 5.97 Å². The van der Waals surface area contributed by atoms with Gasteiger partial charge in [-0.15, -0.1) is 0 Å². The Labute approximate surface area is 134 Å². The van der Waals surface area contributed by atoms with Crippen molar-refractivity contribution in [1.82, 2.24) is 0 Å². The minimum absolute atomic E-state index is 0.290. The summed E-state index contributed by atoms with van der Waals surface area (Å²) in [7, 11) is 0. The van der Waals surface area contributed by atoms with Crippen molar-refractivity contribution in [1.29, 1.82) is 0 Å². The standard InChI is InChI=1S/C20H30O2/c1-17-6-4-7-18(2,16(21)22)14(17)5-8-20-10-13-12(9-15(17)20)19(13,3)11-20/h12-15H,4-11H2,1-3H3,(H,21,22)/t12-,13+,14+,15+,17-,18+,19-,20+/m1/s1. The molecule has 4 bridgehead atoms. The summed E-state index contributed by atoms with van der Waals surface area (Å²) in [6.07, 6.45) is 10.1. The Balaban J connectivity index is 1.56. The van der Waals surface area contributed by atoms with Gasteiger partial charge in [-0.05, 0) is 91.8 Å². The number of fused-ring (bicyclic) bond motifs is 1. The fourth-order valence-corrected chi connectivity index (χ4v) is 8.87. The average molecular weight is 302 g/mol. The van der Waals surface area contributed by atoms with E-state index in [2.05, 4.69) is 20.8 Å². The van der Waals surface area contributed by atoms with Crippen molar-refractivity contribution < 1.29 is 9.90 Å². The topological polar surface area (TPSA) is 37.3 Å². The lowest BCUT2D eigenvalue weighted by Crippen LogP contribution is -2.59. The van der Waals surface area contributed by atoms with Gasteiger partial charge in [-0.2, -0.15) is 0 Å². The van der Waals surface area contributed by atoms with E-state index in [-0.39, 0.29) is 0 Å². The fourth-order valence-electron chi connectivity index (χ4n) is 8.87. The van der Waals surface area contributed by atoms with Crippen LogP contribution in [0.25, 0.3) is 0 Å². The van der Waals surface area contributed by atoms with Gasteiger partial charge in [-0.3, -0.25) is 4.79 Å². The number of carboxylic acids is 1. The van der Waals surface area contributed by atoms with E-state index in [1.807, 2.05) is 0 Å². The molecule has 1 spiro atoms. The Morgan fingerprint density at radius 2 is 1.77 bits per heavy atom. The molecule has 1 N–H and O–H groups in total. The molecule has 6 aliphatic rings. The Bertz CT molecular complexity index is 570. The Morgan fingerprint density at radius 1 is 1.00 bits per heavy atom. The molecule has 0 aliphatic heterocycles. The van der Waals surface area contributed by atoms with E-state index < -0.39 is 11.4 Å². The van der Waals surface area contributed by atoms with Crippen LogP contribution in [0.5, 0.6) is 0 Å². The Kier molecular flexibility index (Phi) is 2.27. The number of carbonyl (C=O) groups is 1. The molecule has 122 valence electrons. The molecular weight excluding hydrogens is 272 g/mol. The largest absolute Gasteiger partial charge is 0.481 e. The maximum Gasteiger partial charge on any atom is 0.309 e. The maximum atomic E-state index is 12.0. The summed E-state index contributed by atoms with van der Waals surface area (Å²) in [4.78, 5) is 12.0. The predicted molar refractivity (Wildman–Crippen MR) is 85.3 cm³/mol. The first-order valence-electron chi connectivity index (χ1n) is 9.50. The van der Waals surface area contributed by atoms with Crippen LogP contribution < -0.4 is 0 Å². The second-order valence-corrected chi connectivity index (χ2v) is 10.4. The highest BCUT2D eigenvalue weighted by atomic mass is 16.4. The molecule has 0 heterocycles. The third-order valence-electron chi connectivity index (χ3n) is 9.85. The van der Waals surface area contributed by atoms with Crippen LogP contribution in [-0.2, 0) is 4.79 Å². The minimum Gasteiger partial charge on any atom is -0.481 e. The first-order valence-corrected chi connectivity index (χ1v) is 9.50. The first kappa shape index (κ1) is 13.9. The molecule has 8 atom stereocenters. The van der Waals surface area contributed by atoms with E-state index in [4.69, 9.17) is 0 Å². The molecule has 22 heavy (non-hydrogen) atoms. The average Bonchev–Trinajstić information content (AvgIpc) is 2.89. The van der Waals surface area contributed by atoms with Crippen LogP contribution >= 0.6 is 0 Å². The normalized spacial score (nSPS) is 64.7. The van der Waals surface area contributed by atoms with E-state index in [0.717, 1.165) is 30.6 Å². The lowest BCUT2D eigenvalue weighted by atomic mass is 9.39. The first-order chi connectivity index (χ1) is 10.3. The van der Waals surface area contributed by atoms with Crippen LogP contribution in [0.2, 0.25) is 0 Å². The summed E-state index contributed by atoms with van der Waals surface area (Å²) in [5.74, 6) is 2.70. The highest BCUT2D eigenvalue weighted by molar-refractivity contribution is 5.75. The molecule has 0 radical (unpaired) electrons. The van der Waals surface area contributed by atoms with Crippen molar-refractivity contribution in [3.63, 3.8) is 0 Å². The van der Waals surface area contributed by atoms with Gasteiger partial charge in [-0.25, -0.2) is 0 Å². The zero-order valence-corrected chi connectivity index (χ0v) is 14.3. The summed E-state index contributed by atoms with van der Waals surface area (Å²) in [6, 6.07) is 0. The number of carboxylic acid groups (broad SMARTS) is 1. The summed E-state index contributed by atoms with van der Waals surface area (Å²) < 4.78 is 0. The molecule has 0 saturated heterocycles. The number of hydrogen-bond donors (Lipinski definition) is 1. The van der Waals surface area contributed by atoms with Gasteiger partial charge in [0, 0.05) is 0 Å². The van der Waals surface area contributed by atoms with Gasteiger partial charge < -0.3 is 5.11 Å². The van der Waals surface area contributed by atoms with Crippen LogP contribution in [0.3, 0.4) is 0 Å². The van der Waals surface area contributed by atoms with Gasteiger partial charge in [-0.1, -0.05) is 20.3 Å². The zero-order valence-electron chi connectivity index (χ0n) is 14.3. The third kappa shape index (κ3) is 1.26. The van der Waals surface area contributed by atoms with Crippen LogP contribution in [0.15, 0.2) is 0 Å². The predicted octanol–water partition coefficient (Wildman–Crippen LogP) is 4.73. The van der Waals surface area contributed by atoms with E-state index in [1.54, 1.807) is 0 Å². The van der Waals surface area contributed by atoms with Gasteiger partial charge in [0.15, 0.2) is 0 Å². The zero-order chi connectivity index (χ0) is 15.5. The molecule has 0 unspecified atom stereocenters. The minimum atomic E-state index is -0.530. The van der Waals surface area contributed by atoms with Crippen molar-refractivity contribution in [3.05, 3.63) is 0 Å². The number of rotatable bonds is 1.